The van der Waals surface area contributed by atoms with E-state index in [2.05, 4.69) is 20.2 Å². The third-order valence-electron chi connectivity index (χ3n) is 5.35. The van der Waals surface area contributed by atoms with Crippen LogP contribution >= 0.6 is 11.3 Å². The van der Waals surface area contributed by atoms with Crippen molar-refractivity contribution in [3.05, 3.63) is 36.4 Å². The second-order valence-electron chi connectivity index (χ2n) is 7.38. The van der Waals surface area contributed by atoms with Gasteiger partial charge in [0.2, 0.25) is 15.4 Å². The minimum absolute atomic E-state index is 0.140. The lowest BCUT2D eigenvalue weighted by atomic mass is 9.82. The molecule has 0 spiro atoms. The van der Waals surface area contributed by atoms with E-state index in [-0.39, 0.29) is 21.9 Å². The number of nitrogens with two attached hydrogens (primary N) is 1. The van der Waals surface area contributed by atoms with Crippen LogP contribution in [0.1, 0.15) is 6.42 Å². The molecule has 12 nitrogen and oxygen atoms in total. The molecule has 170 valence electrons. The summed E-state index contributed by atoms with van der Waals surface area (Å²) in [5.41, 5.74) is 0.303. The third kappa shape index (κ3) is 4.23. The number of amides is 1. The van der Waals surface area contributed by atoms with E-state index < -0.39 is 48.1 Å². The molecule has 1 saturated carbocycles. The zero-order valence-electron chi connectivity index (χ0n) is 16.1. The molecular formula is C17H17N5O7S3. The van der Waals surface area contributed by atoms with Gasteiger partial charge >= 0.3 is 5.97 Å². The van der Waals surface area contributed by atoms with Crippen LogP contribution in [0.4, 0.5) is 10.8 Å². The van der Waals surface area contributed by atoms with Crippen LogP contribution in [0, 0.1) is 23.7 Å². The molecule has 0 saturated heterocycles. The first-order chi connectivity index (χ1) is 15.0. The van der Waals surface area contributed by atoms with Crippen LogP contribution in [0.15, 0.2) is 45.7 Å². The Balaban J connectivity index is 1.46. The maximum atomic E-state index is 12.7. The molecule has 2 aromatic rings. The lowest BCUT2D eigenvalue weighted by Gasteiger charge is -2.23. The van der Waals surface area contributed by atoms with Gasteiger partial charge in [0.05, 0.1) is 16.7 Å². The number of nitrogens with zero attached hydrogens (tertiary/aromatic N) is 2. The zero-order chi connectivity index (χ0) is 23.3. The fraction of sp³-hybridized carbons (Fsp3) is 0.294. The highest BCUT2D eigenvalue weighted by Gasteiger charge is 2.51. The summed E-state index contributed by atoms with van der Waals surface area (Å²) in [5, 5.41) is 23.5. The van der Waals surface area contributed by atoms with Gasteiger partial charge in [-0.3, -0.25) is 14.3 Å². The minimum Gasteiger partial charge on any atom is -0.481 e. The summed E-state index contributed by atoms with van der Waals surface area (Å²) >= 11 is 0.459. The Kier molecular flexibility index (Phi) is 5.52. The number of carboxylic acids is 1. The summed E-state index contributed by atoms with van der Waals surface area (Å²) in [6.45, 7) is 0. The molecule has 1 heterocycles. The molecule has 4 atom stereocenters. The van der Waals surface area contributed by atoms with E-state index in [1.807, 2.05) is 12.2 Å². The number of aliphatic carboxylic acids is 1. The fourth-order valence-electron chi connectivity index (χ4n) is 4.00. The molecule has 0 aliphatic heterocycles. The normalized spacial score (nSPS) is 24.4. The number of sulfonamides is 2. The molecule has 4 rings (SSSR count). The summed E-state index contributed by atoms with van der Waals surface area (Å²) in [6, 6.07) is 5.19. The average molecular weight is 500 g/mol. The Bertz CT molecular complexity index is 1320. The predicted molar refractivity (Wildman–Crippen MR) is 113 cm³/mol. The lowest BCUT2D eigenvalue weighted by Crippen LogP contribution is -2.36. The number of carbonyl (C=O) groups excluding carboxylic acids is 1. The van der Waals surface area contributed by atoms with Crippen molar-refractivity contribution in [2.75, 3.05) is 10.0 Å². The van der Waals surface area contributed by atoms with E-state index in [4.69, 9.17) is 5.14 Å². The number of primary sulfonamides is 1. The third-order valence-corrected chi connectivity index (χ3v) is 8.98. The van der Waals surface area contributed by atoms with Gasteiger partial charge in [-0.05, 0) is 42.5 Å². The summed E-state index contributed by atoms with van der Waals surface area (Å²) in [6.07, 6.45) is 4.32. The molecule has 0 radical (unpaired) electrons. The van der Waals surface area contributed by atoms with Crippen LogP contribution < -0.4 is 15.2 Å². The number of nitrogens with one attached hydrogen (secondary N) is 2. The predicted octanol–water partition coefficient (Wildman–Crippen LogP) is 0.448. The molecule has 1 aromatic carbocycles. The molecule has 32 heavy (non-hydrogen) atoms. The van der Waals surface area contributed by atoms with Gasteiger partial charge in [-0.1, -0.05) is 23.5 Å². The Morgan fingerprint density at radius 1 is 1.03 bits per heavy atom. The number of benzene rings is 1. The largest absolute Gasteiger partial charge is 0.481 e. The number of hydrogen-bond acceptors (Lipinski definition) is 9. The van der Waals surface area contributed by atoms with Crippen molar-refractivity contribution in [3.63, 3.8) is 0 Å². The smallest absolute Gasteiger partial charge is 0.307 e. The first-order valence-corrected chi connectivity index (χ1v) is 13.0. The first kappa shape index (κ1) is 22.3. The Morgan fingerprint density at radius 3 is 2.22 bits per heavy atom. The highest BCUT2D eigenvalue weighted by molar-refractivity contribution is 7.93. The van der Waals surface area contributed by atoms with Crippen LogP contribution in [-0.2, 0) is 29.6 Å². The molecule has 5 N–H and O–H groups in total. The highest BCUT2D eigenvalue weighted by atomic mass is 32.2. The summed E-state index contributed by atoms with van der Waals surface area (Å²) < 4.78 is 49.0. The minimum atomic E-state index is -4.11. The van der Waals surface area contributed by atoms with Crippen molar-refractivity contribution < 1.29 is 31.5 Å². The first-order valence-electron chi connectivity index (χ1n) is 9.17. The van der Waals surface area contributed by atoms with Crippen LogP contribution in [0.25, 0.3) is 0 Å². The van der Waals surface area contributed by atoms with E-state index in [9.17, 15) is 31.5 Å². The van der Waals surface area contributed by atoms with Gasteiger partial charge in [-0.25, -0.2) is 22.0 Å². The van der Waals surface area contributed by atoms with Gasteiger partial charge in [-0.2, -0.15) is 0 Å². The molecular weight excluding hydrogens is 482 g/mol. The SMILES string of the molecule is NS(=O)(=O)c1nnc(NS(=O)(=O)c2ccc(NC(=O)[C@@H]3C4C=CC(C4)C3C(=O)O)cc2)s1. The van der Waals surface area contributed by atoms with Crippen LogP contribution in [0.5, 0.6) is 0 Å². The number of anilines is 2. The summed E-state index contributed by atoms with van der Waals surface area (Å²) in [4.78, 5) is 24.1. The van der Waals surface area contributed by atoms with E-state index in [1.54, 1.807) is 0 Å². The Morgan fingerprint density at radius 2 is 1.66 bits per heavy atom. The molecule has 2 aliphatic carbocycles. The average Bonchev–Trinajstić information content (AvgIpc) is 3.43. The fourth-order valence-corrected chi connectivity index (χ4v) is 6.56. The van der Waals surface area contributed by atoms with Crippen molar-refractivity contribution in [2.24, 2.45) is 28.8 Å². The number of carboxylic acid groups (broad SMARTS) is 1. The second-order valence-corrected chi connectivity index (χ2v) is 11.8. The van der Waals surface area contributed by atoms with Crippen molar-refractivity contribution in [1.29, 1.82) is 0 Å². The van der Waals surface area contributed by atoms with Crippen molar-refractivity contribution >= 4 is 54.1 Å². The Hall–Kier alpha value is -2.88. The van der Waals surface area contributed by atoms with Gasteiger partial charge in [0.15, 0.2) is 0 Å². The number of rotatable bonds is 7. The van der Waals surface area contributed by atoms with Crippen LogP contribution in [0.2, 0.25) is 0 Å². The maximum absolute atomic E-state index is 12.7. The van der Waals surface area contributed by atoms with Crippen molar-refractivity contribution in [3.8, 4) is 0 Å². The zero-order valence-corrected chi connectivity index (χ0v) is 18.5. The quantitative estimate of drug-likeness (QED) is 0.390. The topological polar surface area (TPSA) is 199 Å². The molecule has 1 fully saturated rings. The van der Waals surface area contributed by atoms with E-state index in [0.717, 1.165) is 0 Å². The second kappa shape index (κ2) is 7.91. The van der Waals surface area contributed by atoms with Crippen molar-refractivity contribution in [1.82, 2.24) is 10.2 Å². The van der Waals surface area contributed by atoms with Crippen LogP contribution in [0.3, 0.4) is 0 Å². The van der Waals surface area contributed by atoms with Crippen LogP contribution in [-0.4, -0.2) is 44.0 Å². The standard InChI is InChI=1S/C17H17N5O7S3/c18-31(26,27)17-21-20-16(30-17)22-32(28,29)11-5-3-10(4-6-11)19-14(23)12-8-1-2-9(7-8)13(12)15(24)25/h1-6,8-9,12-13H,7H2,(H,19,23)(H,20,22)(H,24,25)(H2,18,26,27)/t8?,9?,12-,13?/m1/s1. The lowest BCUT2D eigenvalue weighted by molar-refractivity contribution is -0.146. The number of hydrogen-bond donors (Lipinski definition) is 4. The van der Waals surface area contributed by atoms with Gasteiger partial charge in [0.25, 0.3) is 20.0 Å². The number of aromatic nitrogens is 2. The van der Waals surface area contributed by atoms with Gasteiger partial charge in [0.1, 0.15) is 0 Å². The van der Waals surface area contributed by atoms with E-state index in [1.165, 1.54) is 24.3 Å². The molecule has 3 unspecified atom stereocenters. The maximum Gasteiger partial charge on any atom is 0.307 e. The number of carbonyl (C=O) groups is 2. The molecule has 1 amide bonds. The number of allylic oxidation sites excluding steroid dienone is 2. The van der Waals surface area contributed by atoms with E-state index in [0.29, 0.717) is 23.4 Å². The monoisotopic (exact) mass is 499 g/mol. The molecule has 1 aromatic heterocycles. The number of fused-ring (bicyclic) bond motifs is 2. The molecule has 15 heteroatoms. The molecule has 2 aliphatic rings. The summed E-state index contributed by atoms with van der Waals surface area (Å²) in [5.74, 6) is -3.24. The molecule has 2 bridgehead atoms. The summed E-state index contributed by atoms with van der Waals surface area (Å²) in [7, 11) is -8.22. The van der Waals surface area contributed by atoms with E-state index >= 15 is 0 Å². The van der Waals surface area contributed by atoms with Gasteiger partial charge < -0.3 is 10.4 Å². The highest BCUT2D eigenvalue weighted by Crippen LogP contribution is 2.48. The van der Waals surface area contributed by atoms with Gasteiger partial charge in [-0.15, -0.1) is 10.2 Å². The Labute approximate surface area is 186 Å². The van der Waals surface area contributed by atoms with Gasteiger partial charge in [0, 0.05) is 5.69 Å². The van der Waals surface area contributed by atoms with Crippen molar-refractivity contribution in [2.45, 2.75) is 15.7 Å².